The highest BCUT2D eigenvalue weighted by Crippen LogP contribution is 2.54. The van der Waals surface area contributed by atoms with Gasteiger partial charge in [0, 0.05) is 6.54 Å². The smallest absolute Gasteiger partial charge is 0.325 e. The molecule has 104 valence electrons. The van der Waals surface area contributed by atoms with E-state index in [1.807, 2.05) is 6.92 Å². The molecule has 19 heavy (non-hydrogen) atoms. The summed E-state index contributed by atoms with van der Waals surface area (Å²) in [7, 11) is 0. The number of carbonyl (C=O) groups is 3. The number of hydrogen-bond donors (Lipinski definition) is 2. The molecule has 6 heteroatoms. The van der Waals surface area contributed by atoms with E-state index >= 15 is 0 Å². The second kappa shape index (κ2) is 4.21. The van der Waals surface area contributed by atoms with E-state index in [9.17, 15) is 14.4 Å². The number of nitrogens with zero attached hydrogens (tertiary/aromatic N) is 1. The SMILES string of the molecule is CCNC(=O)CN1C(=O)NC(C2CC2)(C2CC2)C1=O. The van der Waals surface area contributed by atoms with Crippen molar-refractivity contribution in [3.05, 3.63) is 0 Å². The van der Waals surface area contributed by atoms with Crippen molar-refractivity contribution < 1.29 is 14.4 Å². The number of urea groups is 1. The Morgan fingerprint density at radius 3 is 2.37 bits per heavy atom. The molecule has 1 saturated heterocycles. The first-order chi connectivity index (χ1) is 9.09. The number of imide groups is 1. The van der Waals surface area contributed by atoms with E-state index in [1.165, 1.54) is 0 Å². The molecule has 6 nitrogen and oxygen atoms in total. The lowest BCUT2D eigenvalue weighted by molar-refractivity contribution is -0.136. The molecule has 3 fully saturated rings. The summed E-state index contributed by atoms with van der Waals surface area (Å²) in [6.45, 7) is 2.14. The van der Waals surface area contributed by atoms with Crippen LogP contribution in [0.25, 0.3) is 0 Å². The first-order valence-electron chi connectivity index (χ1n) is 7.00. The molecule has 0 spiro atoms. The molecular weight excluding hydrogens is 246 g/mol. The molecule has 3 rings (SSSR count). The fraction of sp³-hybridized carbons (Fsp3) is 0.769. The zero-order valence-corrected chi connectivity index (χ0v) is 11.1. The van der Waals surface area contributed by atoms with Gasteiger partial charge in [-0.1, -0.05) is 0 Å². The summed E-state index contributed by atoms with van der Waals surface area (Å²) in [5.41, 5.74) is -0.691. The molecule has 0 aromatic rings. The summed E-state index contributed by atoms with van der Waals surface area (Å²) < 4.78 is 0. The molecule has 2 aliphatic carbocycles. The van der Waals surface area contributed by atoms with Gasteiger partial charge in [-0.25, -0.2) is 4.79 Å². The van der Waals surface area contributed by atoms with Crippen LogP contribution in [0.1, 0.15) is 32.6 Å². The van der Waals surface area contributed by atoms with Gasteiger partial charge in [0.05, 0.1) is 0 Å². The minimum atomic E-state index is -0.691. The van der Waals surface area contributed by atoms with E-state index in [1.54, 1.807) is 0 Å². The Morgan fingerprint density at radius 1 is 1.32 bits per heavy atom. The molecule has 2 N–H and O–H groups in total. The Hall–Kier alpha value is -1.59. The Bertz CT molecular complexity index is 428. The van der Waals surface area contributed by atoms with Gasteiger partial charge in [0.1, 0.15) is 12.1 Å². The molecule has 0 radical (unpaired) electrons. The number of nitrogens with one attached hydrogen (secondary N) is 2. The fourth-order valence-electron chi connectivity index (χ4n) is 3.12. The number of amides is 4. The lowest BCUT2D eigenvalue weighted by Gasteiger charge is -2.26. The number of hydrogen-bond acceptors (Lipinski definition) is 3. The predicted octanol–water partition coefficient (Wildman–Crippen LogP) is 0.233. The van der Waals surface area contributed by atoms with Crippen LogP contribution in [0.2, 0.25) is 0 Å². The van der Waals surface area contributed by atoms with Gasteiger partial charge in [-0.15, -0.1) is 0 Å². The second-order valence-electron chi connectivity index (χ2n) is 5.69. The van der Waals surface area contributed by atoms with Crippen molar-refractivity contribution in [3.63, 3.8) is 0 Å². The summed E-state index contributed by atoms with van der Waals surface area (Å²) in [6.07, 6.45) is 3.99. The number of likely N-dealkylation sites (N-methyl/N-ethyl adjacent to an activating group) is 1. The zero-order chi connectivity index (χ0) is 13.6. The molecule has 0 unspecified atom stereocenters. The van der Waals surface area contributed by atoms with Gasteiger partial charge in [0.15, 0.2) is 0 Å². The summed E-state index contributed by atoms with van der Waals surface area (Å²) in [6, 6.07) is -0.407. The highest BCUT2D eigenvalue weighted by Gasteiger charge is 2.65. The summed E-state index contributed by atoms with van der Waals surface area (Å²) >= 11 is 0. The molecule has 0 atom stereocenters. The molecule has 0 aromatic carbocycles. The van der Waals surface area contributed by atoms with Crippen molar-refractivity contribution in [2.24, 2.45) is 11.8 Å². The van der Waals surface area contributed by atoms with E-state index in [0.29, 0.717) is 6.54 Å². The third-order valence-corrected chi connectivity index (χ3v) is 4.28. The van der Waals surface area contributed by atoms with Gasteiger partial charge in [-0.3, -0.25) is 14.5 Å². The summed E-state index contributed by atoms with van der Waals surface area (Å²) in [4.78, 5) is 37.3. The average Bonchev–Trinajstić information content (AvgIpc) is 3.25. The van der Waals surface area contributed by atoms with Crippen LogP contribution in [0, 0.1) is 11.8 Å². The first-order valence-corrected chi connectivity index (χ1v) is 7.00. The molecular formula is C13H19N3O3. The quantitative estimate of drug-likeness (QED) is 0.699. The maximum absolute atomic E-state index is 12.6. The van der Waals surface area contributed by atoms with Gasteiger partial charge in [-0.05, 0) is 44.4 Å². The Kier molecular flexibility index (Phi) is 2.76. The van der Waals surface area contributed by atoms with Crippen LogP contribution >= 0.6 is 0 Å². The van der Waals surface area contributed by atoms with E-state index in [2.05, 4.69) is 10.6 Å². The lowest BCUT2D eigenvalue weighted by atomic mass is 9.87. The third-order valence-electron chi connectivity index (χ3n) is 4.28. The number of carbonyl (C=O) groups excluding carboxylic acids is 3. The first kappa shape index (κ1) is 12.4. The minimum absolute atomic E-state index is 0.167. The minimum Gasteiger partial charge on any atom is -0.355 e. The molecule has 1 heterocycles. The van der Waals surface area contributed by atoms with E-state index in [4.69, 9.17) is 0 Å². The van der Waals surface area contributed by atoms with Gasteiger partial charge in [0.2, 0.25) is 5.91 Å². The van der Waals surface area contributed by atoms with Crippen LogP contribution in [0.5, 0.6) is 0 Å². The van der Waals surface area contributed by atoms with Gasteiger partial charge >= 0.3 is 6.03 Å². The summed E-state index contributed by atoms with van der Waals surface area (Å²) in [5.74, 6) is 0.0773. The van der Waals surface area contributed by atoms with Crippen LogP contribution in [-0.4, -0.2) is 41.4 Å². The predicted molar refractivity (Wildman–Crippen MR) is 67.1 cm³/mol. The van der Waals surface area contributed by atoms with Gasteiger partial charge < -0.3 is 10.6 Å². The molecule has 3 aliphatic rings. The van der Waals surface area contributed by atoms with Crippen molar-refractivity contribution >= 4 is 17.8 Å². The Labute approximate surface area is 111 Å². The maximum Gasteiger partial charge on any atom is 0.325 e. The topological polar surface area (TPSA) is 78.5 Å². The lowest BCUT2D eigenvalue weighted by Crippen LogP contribution is -2.51. The molecule has 4 amide bonds. The zero-order valence-electron chi connectivity index (χ0n) is 11.1. The van der Waals surface area contributed by atoms with Crippen molar-refractivity contribution in [1.29, 1.82) is 0 Å². The molecule has 1 aliphatic heterocycles. The van der Waals surface area contributed by atoms with Crippen LogP contribution in [0.4, 0.5) is 4.79 Å². The van der Waals surface area contributed by atoms with Gasteiger partial charge in [0.25, 0.3) is 5.91 Å². The number of rotatable bonds is 5. The monoisotopic (exact) mass is 265 g/mol. The largest absolute Gasteiger partial charge is 0.355 e. The van der Waals surface area contributed by atoms with Crippen molar-refractivity contribution in [1.82, 2.24) is 15.5 Å². The van der Waals surface area contributed by atoms with Crippen molar-refractivity contribution in [2.45, 2.75) is 38.1 Å². The van der Waals surface area contributed by atoms with Crippen molar-refractivity contribution in [3.8, 4) is 0 Å². The van der Waals surface area contributed by atoms with E-state index < -0.39 is 11.6 Å². The highest BCUT2D eigenvalue weighted by molar-refractivity contribution is 6.09. The summed E-state index contributed by atoms with van der Waals surface area (Å²) in [5, 5.41) is 5.51. The standard InChI is InChI=1S/C13H19N3O3/c1-2-14-10(17)7-16-11(18)13(8-3-4-8,9-5-6-9)15-12(16)19/h8-9H,2-7H2,1H3,(H,14,17)(H,15,19). The molecule has 0 aromatic heterocycles. The Balaban J connectivity index is 1.78. The van der Waals surface area contributed by atoms with Gasteiger partial charge in [-0.2, -0.15) is 0 Å². The van der Waals surface area contributed by atoms with Crippen LogP contribution in [0.15, 0.2) is 0 Å². The average molecular weight is 265 g/mol. The molecule has 0 bridgehead atoms. The van der Waals surface area contributed by atoms with E-state index in [-0.39, 0.29) is 30.2 Å². The normalized spacial score (nSPS) is 25.4. The third kappa shape index (κ3) is 1.89. The highest BCUT2D eigenvalue weighted by atomic mass is 16.2. The molecule has 2 saturated carbocycles. The Morgan fingerprint density at radius 2 is 1.89 bits per heavy atom. The maximum atomic E-state index is 12.6. The second-order valence-corrected chi connectivity index (χ2v) is 5.69. The van der Waals surface area contributed by atoms with Crippen LogP contribution in [0.3, 0.4) is 0 Å². The van der Waals surface area contributed by atoms with Crippen molar-refractivity contribution in [2.75, 3.05) is 13.1 Å². The van der Waals surface area contributed by atoms with E-state index in [0.717, 1.165) is 30.6 Å². The fourth-order valence-corrected chi connectivity index (χ4v) is 3.12. The van der Waals surface area contributed by atoms with Crippen LogP contribution in [-0.2, 0) is 9.59 Å². The van der Waals surface area contributed by atoms with Crippen LogP contribution < -0.4 is 10.6 Å².